The van der Waals surface area contributed by atoms with Gasteiger partial charge in [0.25, 0.3) is 0 Å². The van der Waals surface area contributed by atoms with E-state index in [9.17, 15) is 0 Å². The van der Waals surface area contributed by atoms with Crippen LogP contribution in [-0.2, 0) is 0 Å². The molecule has 1 N–H and O–H groups in total. The highest BCUT2D eigenvalue weighted by molar-refractivity contribution is 5.94. The summed E-state index contributed by atoms with van der Waals surface area (Å²) in [6, 6.07) is 5.68. The second kappa shape index (κ2) is 5.47. The molecule has 2 nitrogen and oxygen atoms in total. The van der Waals surface area contributed by atoms with Crippen LogP contribution in [0.3, 0.4) is 0 Å². The molecule has 2 heteroatoms. The van der Waals surface area contributed by atoms with Gasteiger partial charge in [-0.1, -0.05) is 19.9 Å². The molecule has 0 fully saturated rings. The van der Waals surface area contributed by atoms with Crippen LogP contribution in [0.5, 0.6) is 0 Å². The average molecular weight is 164 g/mol. The van der Waals surface area contributed by atoms with E-state index in [4.69, 9.17) is 5.41 Å². The van der Waals surface area contributed by atoms with Gasteiger partial charge in [0.1, 0.15) is 0 Å². The highest BCUT2D eigenvalue weighted by Gasteiger charge is 1.94. The summed E-state index contributed by atoms with van der Waals surface area (Å²) >= 11 is 0. The van der Waals surface area contributed by atoms with Gasteiger partial charge < -0.3 is 5.41 Å². The van der Waals surface area contributed by atoms with E-state index in [1.54, 1.807) is 6.92 Å². The van der Waals surface area contributed by atoms with Crippen molar-refractivity contribution in [3.05, 3.63) is 29.6 Å². The van der Waals surface area contributed by atoms with E-state index < -0.39 is 0 Å². The Morgan fingerprint density at radius 1 is 1.33 bits per heavy atom. The predicted molar refractivity (Wildman–Crippen MR) is 52.8 cm³/mol. The van der Waals surface area contributed by atoms with E-state index in [1.165, 1.54) is 0 Å². The lowest BCUT2D eigenvalue weighted by Crippen LogP contribution is -1.96. The number of aromatic nitrogens is 1. The Hall–Kier alpha value is -1.18. The lowest BCUT2D eigenvalue weighted by Gasteiger charge is -1.96. The van der Waals surface area contributed by atoms with Crippen molar-refractivity contribution in [3.8, 4) is 0 Å². The molecule has 0 amide bonds. The van der Waals surface area contributed by atoms with Gasteiger partial charge in [-0.15, -0.1) is 0 Å². The van der Waals surface area contributed by atoms with Crippen LogP contribution < -0.4 is 0 Å². The van der Waals surface area contributed by atoms with Crippen LogP contribution in [0, 0.1) is 12.3 Å². The topological polar surface area (TPSA) is 36.7 Å². The van der Waals surface area contributed by atoms with Gasteiger partial charge in [-0.05, 0) is 26.0 Å². The van der Waals surface area contributed by atoms with Gasteiger partial charge in [0.2, 0.25) is 0 Å². The summed E-state index contributed by atoms with van der Waals surface area (Å²) in [7, 11) is 0. The van der Waals surface area contributed by atoms with Gasteiger partial charge in [-0.2, -0.15) is 0 Å². The van der Waals surface area contributed by atoms with E-state index >= 15 is 0 Å². The summed E-state index contributed by atoms with van der Waals surface area (Å²) in [4.78, 5) is 4.15. The summed E-state index contributed by atoms with van der Waals surface area (Å²) in [6.45, 7) is 7.66. The molecule has 0 spiro atoms. The fourth-order valence-corrected chi connectivity index (χ4v) is 0.752. The SMILES string of the molecule is CC.CC(=N)c1cccc(C)n1. The molecule has 0 atom stereocenters. The van der Waals surface area contributed by atoms with Crippen LogP contribution in [0.15, 0.2) is 18.2 Å². The molecule has 0 unspecified atom stereocenters. The van der Waals surface area contributed by atoms with Crippen LogP contribution in [0.1, 0.15) is 32.2 Å². The largest absolute Gasteiger partial charge is 0.303 e. The number of hydrogen-bond donors (Lipinski definition) is 1. The molecular formula is C10H16N2. The van der Waals surface area contributed by atoms with Crippen molar-refractivity contribution in [1.29, 1.82) is 5.41 Å². The first-order valence-corrected chi connectivity index (χ1v) is 4.19. The van der Waals surface area contributed by atoms with Gasteiger partial charge >= 0.3 is 0 Å². The molecule has 0 aromatic carbocycles. The standard InChI is InChI=1S/C8H10N2.C2H6/c1-6-4-3-5-8(10-6)7(2)9;1-2/h3-5,9H,1-2H3;1-2H3. The van der Waals surface area contributed by atoms with Crippen LogP contribution >= 0.6 is 0 Å². The number of hydrogen-bond acceptors (Lipinski definition) is 2. The lowest BCUT2D eigenvalue weighted by molar-refractivity contribution is 1.17. The van der Waals surface area contributed by atoms with Gasteiger partial charge in [0.15, 0.2) is 0 Å². The third-order valence-corrected chi connectivity index (χ3v) is 1.27. The molecule has 1 rings (SSSR count). The average Bonchev–Trinajstić information content (AvgIpc) is 2.08. The molecule has 0 radical (unpaired) electrons. The van der Waals surface area contributed by atoms with E-state index in [0.29, 0.717) is 5.71 Å². The normalized spacial score (nSPS) is 8.33. The summed E-state index contributed by atoms with van der Waals surface area (Å²) in [5, 5.41) is 7.27. The molecule has 0 aliphatic carbocycles. The van der Waals surface area contributed by atoms with Crippen LogP contribution in [0.2, 0.25) is 0 Å². The van der Waals surface area contributed by atoms with Crippen molar-refractivity contribution in [1.82, 2.24) is 4.98 Å². The molecule has 0 aliphatic rings. The molecule has 0 aliphatic heterocycles. The zero-order chi connectivity index (χ0) is 9.56. The second-order valence-electron chi connectivity index (χ2n) is 2.29. The highest BCUT2D eigenvalue weighted by Crippen LogP contribution is 1.97. The minimum atomic E-state index is 0.517. The third-order valence-electron chi connectivity index (χ3n) is 1.27. The van der Waals surface area contributed by atoms with E-state index in [0.717, 1.165) is 11.4 Å². The Bertz CT molecular complexity index is 254. The van der Waals surface area contributed by atoms with Crippen molar-refractivity contribution in [3.63, 3.8) is 0 Å². The first-order chi connectivity index (χ1) is 5.70. The summed E-state index contributed by atoms with van der Waals surface area (Å²) < 4.78 is 0. The third kappa shape index (κ3) is 3.28. The molecule has 0 saturated heterocycles. The number of pyridine rings is 1. The van der Waals surface area contributed by atoms with Crippen molar-refractivity contribution in [2.24, 2.45) is 0 Å². The molecule has 66 valence electrons. The molecule has 1 heterocycles. The zero-order valence-electron chi connectivity index (χ0n) is 8.18. The van der Waals surface area contributed by atoms with Crippen LogP contribution in [0.25, 0.3) is 0 Å². The van der Waals surface area contributed by atoms with Gasteiger partial charge in [-0.3, -0.25) is 4.98 Å². The number of rotatable bonds is 1. The van der Waals surface area contributed by atoms with Crippen LogP contribution in [0.4, 0.5) is 0 Å². The first kappa shape index (κ1) is 10.8. The van der Waals surface area contributed by atoms with Crippen LogP contribution in [-0.4, -0.2) is 10.7 Å². The Balaban J connectivity index is 0.000000561. The zero-order valence-corrected chi connectivity index (χ0v) is 8.18. The van der Waals surface area contributed by atoms with Gasteiger partial charge in [0.05, 0.1) is 11.4 Å². The fourth-order valence-electron chi connectivity index (χ4n) is 0.752. The molecule has 0 bridgehead atoms. The minimum Gasteiger partial charge on any atom is -0.303 e. The van der Waals surface area contributed by atoms with E-state index in [-0.39, 0.29) is 0 Å². The molecule has 0 saturated carbocycles. The smallest absolute Gasteiger partial charge is 0.0837 e. The number of nitrogens with zero attached hydrogens (tertiary/aromatic N) is 1. The molecule has 1 aromatic heterocycles. The molecular weight excluding hydrogens is 148 g/mol. The minimum absolute atomic E-state index is 0.517. The first-order valence-electron chi connectivity index (χ1n) is 4.19. The quantitative estimate of drug-likeness (QED) is 0.636. The maximum Gasteiger partial charge on any atom is 0.0837 e. The van der Waals surface area contributed by atoms with Crippen molar-refractivity contribution < 1.29 is 0 Å². The fraction of sp³-hybridized carbons (Fsp3) is 0.400. The number of nitrogens with one attached hydrogen (secondary N) is 1. The van der Waals surface area contributed by atoms with Crippen molar-refractivity contribution >= 4 is 5.71 Å². The molecule has 12 heavy (non-hydrogen) atoms. The lowest BCUT2D eigenvalue weighted by atomic mass is 10.2. The maximum absolute atomic E-state index is 7.27. The second-order valence-corrected chi connectivity index (χ2v) is 2.29. The highest BCUT2D eigenvalue weighted by atomic mass is 14.7. The Kier molecular flexibility index (Phi) is 4.93. The van der Waals surface area contributed by atoms with Gasteiger partial charge in [-0.25, -0.2) is 0 Å². The van der Waals surface area contributed by atoms with E-state index in [1.807, 2.05) is 39.0 Å². The van der Waals surface area contributed by atoms with Crippen molar-refractivity contribution in [2.45, 2.75) is 27.7 Å². The molecule has 1 aromatic rings. The summed E-state index contributed by atoms with van der Waals surface area (Å²) in [5.41, 5.74) is 2.24. The maximum atomic E-state index is 7.27. The Morgan fingerprint density at radius 3 is 2.25 bits per heavy atom. The van der Waals surface area contributed by atoms with Gasteiger partial charge in [0, 0.05) is 5.69 Å². The van der Waals surface area contributed by atoms with E-state index in [2.05, 4.69) is 4.98 Å². The monoisotopic (exact) mass is 164 g/mol. The van der Waals surface area contributed by atoms with Crippen molar-refractivity contribution in [2.75, 3.05) is 0 Å². The summed E-state index contributed by atoms with van der Waals surface area (Å²) in [6.07, 6.45) is 0. The Labute approximate surface area is 74.2 Å². The predicted octanol–water partition coefficient (Wildman–Crippen LogP) is 2.80. The number of aryl methyl sites for hydroxylation is 1. The summed E-state index contributed by atoms with van der Waals surface area (Å²) in [5.74, 6) is 0. The Morgan fingerprint density at radius 2 is 1.92 bits per heavy atom.